The molecule has 1 heterocycles. The van der Waals surface area contributed by atoms with Crippen LogP contribution in [0.2, 0.25) is 0 Å². The summed E-state index contributed by atoms with van der Waals surface area (Å²) in [7, 11) is 1.62. The van der Waals surface area contributed by atoms with Crippen LogP contribution < -0.4 is 4.74 Å². The molecule has 0 saturated carbocycles. The molecule has 0 atom stereocenters. The summed E-state index contributed by atoms with van der Waals surface area (Å²) in [6.45, 7) is 6.47. The molecule has 0 bridgehead atoms. The van der Waals surface area contributed by atoms with Crippen LogP contribution in [0.3, 0.4) is 0 Å². The van der Waals surface area contributed by atoms with E-state index >= 15 is 0 Å². The molecule has 0 amide bonds. The van der Waals surface area contributed by atoms with Crippen molar-refractivity contribution in [3.63, 3.8) is 0 Å². The van der Waals surface area contributed by atoms with Crippen LogP contribution in [-0.2, 0) is 5.41 Å². The molecule has 3 nitrogen and oxygen atoms in total. The predicted molar refractivity (Wildman–Crippen MR) is 51.9 cm³/mol. The van der Waals surface area contributed by atoms with Gasteiger partial charge in [0.2, 0.25) is 5.88 Å². The average Bonchev–Trinajstić information content (AvgIpc) is 2.18. The first kappa shape index (κ1) is 9.96. The van der Waals surface area contributed by atoms with E-state index in [0.29, 0.717) is 5.88 Å². The highest BCUT2D eigenvalue weighted by Crippen LogP contribution is 2.25. The highest BCUT2D eigenvalue weighted by atomic mass is 16.5. The van der Waals surface area contributed by atoms with Crippen LogP contribution in [0.15, 0.2) is 12.4 Å². The van der Waals surface area contributed by atoms with Crippen molar-refractivity contribution in [2.75, 3.05) is 7.11 Å². The SMILES string of the molecule is CCC(C)(C)c1cc(OC)ncn1. The number of hydrogen-bond donors (Lipinski definition) is 0. The van der Waals surface area contributed by atoms with E-state index in [4.69, 9.17) is 4.74 Å². The quantitative estimate of drug-likeness (QED) is 0.715. The Labute approximate surface area is 79.2 Å². The Morgan fingerprint density at radius 2 is 2.08 bits per heavy atom. The molecule has 0 aliphatic heterocycles. The van der Waals surface area contributed by atoms with Gasteiger partial charge in [-0.2, -0.15) is 0 Å². The third-order valence-corrected chi connectivity index (χ3v) is 2.43. The maximum absolute atomic E-state index is 5.04. The van der Waals surface area contributed by atoms with E-state index in [1.54, 1.807) is 13.4 Å². The van der Waals surface area contributed by atoms with E-state index in [2.05, 4.69) is 30.7 Å². The molecule has 13 heavy (non-hydrogen) atoms. The van der Waals surface area contributed by atoms with Gasteiger partial charge in [0.05, 0.1) is 12.8 Å². The molecule has 0 spiro atoms. The topological polar surface area (TPSA) is 35.0 Å². The summed E-state index contributed by atoms with van der Waals surface area (Å²) in [5.41, 5.74) is 1.12. The molecular formula is C10H16N2O. The zero-order chi connectivity index (χ0) is 9.90. The summed E-state index contributed by atoms with van der Waals surface area (Å²) in [6, 6.07) is 1.89. The van der Waals surface area contributed by atoms with Crippen molar-refractivity contribution in [1.82, 2.24) is 9.97 Å². The molecule has 0 N–H and O–H groups in total. The lowest BCUT2D eigenvalue weighted by molar-refractivity contribution is 0.391. The normalized spacial score (nSPS) is 11.4. The number of nitrogens with zero attached hydrogens (tertiary/aromatic N) is 2. The molecule has 3 heteroatoms. The first-order valence-electron chi connectivity index (χ1n) is 4.46. The summed E-state index contributed by atoms with van der Waals surface area (Å²) < 4.78 is 5.04. The number of ether oxygens (including phenoxy) is 1. The van der Waals surface area contributed by atoms with Gasteiger partial charge >= 0.3 is 0 Å². The molecule has 0 aliphatic rings. The van der Waals surface area contributed by atoms with Crippen LogP contribution in [0.25, 0.3) is 0 Å². The number of methoxy groups -OCH3 is 1. The molecule has 0 radical (unpaired) electrons. The standard InChI is InChI=1S/C10H16N2O/c1-5-10(2,3)8-6-9(13-4)12-7-11-8/h6-7H,5H2,1-4H3. The molecule has 0 saturated heterocycles. The fourth-order valence-electron chi connectivity index (χ4n) is 1.00. The average molecular weight is 180 g/mol. The van der Waals surface area contributed by atoms with Gasteiger partial charge in [0.15, 0.2) is 0 Å². The van der Waals surface area contributed by atoms with E-state index < -0.39 is 0 Å². The minimum absolute atomic E-state index is 0.0935. The highest BCUT2D eigenvalue weighted by Gasteiger charge is 2.20. The maximum atomic E-state index is 5.04. The number of aromatic nitrogens is 2. The monoisotopic (exact) mass is 180 g/mol. The smallest absolute Gasteiger partial charge is 0.216 e. The van der Waals surface area contributed by atoms with E-state index in [1.165, 1.54) is 0 Å². The van der Waals surface area contributed by atoms with Crippen LogP contribution in [0.4, 0.5) is 0 Å². The Morgan fingerprint density at radius 1 is 1.38 bits per heavy atom. The second kappa shape index (κ2) is 3.73. The molecular weight excluding hydrogens is 164 g/mol. The van der Waals surface area contributed by atoms with E-state index in [1.807, 2.05) is 6.07 Å². The van der Waals surface area contributed by atoms with Crippen LogP contribution in [0.1, 0.15) is 32.9 Å². The van der Waals surface area contributed by atoms with Crippen molar-refractivity contribution in [1.29, 1.82) is 0 Å². The summed E-state index contributed by atoms with van der Waals surface area (Å²) in [6.07, 6.45) is 2.60. The molecule has 0 unspecified atom stereocenters. The van der Waals surface area contributed by atoms with Crippen molar-refractivity contribution in [3.05, 3.63) is 18.1 Å². The van der Waals surface area contributed by atoms with Crippen LogP contribution >= 0.6 is 0 Å². The highest BCUT2D eigenvalue weighted by molar-refractivity contribution is 5.20. The second-order valence-electron chi connectivity index (χ2n) is 3.68. The van der Waals surface area contributed by atoms with Gasteiger partial charge < -0.3 is 4.74 Å². The minimum Gasteiger partial charge on any atom is -0.481 e. The Kier molecular flexibility index (Phi) is 2.86. The largest absolute Gasteiger partial charge is 0.481 e. The third kappa shape index (κ3) is 2.17. The molecule has 0 fully saturated rings. The van der Waals surface area contributed by atoms with E-state index in [-0.39, 0.29) is 5.41 Å². The molecule has 0 aliphatic carbocycles. The van der Waals surface area contributed by atoms with Crippen molar-refractivity contribution < 1.29 is 4.74 Å². The van der Waals surface area contributed by atoms with Gasteiger partial charge in [-0.05, 0) is 6.42 Å². The van der Waals surface area contributed by atoms with Gasteiger partial charge in [-0.3, -0.25) is 0 Å². The Bertz CT molecular complexity index is 284. The molecule has 1 aromatic heterocycles. The van der Waals surface area contributed by atoms with Gasteiger partial charge in [-0.25, -0.2) is 9.97 Å². The lowest BCUT2D eigenvalue weighted by Crippen LogP contribution is -2.17. The minimum atomic E-state index is 0.0935. The molecule has 0 aromatic carbocycles. The Morgan fingerprint density at radius 3 is 2.62 bits per heavy atom. The summed E-state index contributed by atoms with van der Waals surface area (Å²) >= 11 is 0. The van der Waals surface area contributed by atoms with Gasteiger partial charge in [-0.15, -0.1) is 0 Å². The van der Waals surface area contributed by atoms with Crippen molar-refractivity contribution in [2.24, 2.45) is 0 Å². The first-order valence-corrected chi connectivity index (χ1v) is 4.46. The summed E-state index contributed by atoms with van der Waals surface area (Å²) in [4.78, 5) is 8.21. The lowest BCUT2D eigenvalue weighted by Gasteiger charge is -2.21. The van der Waals surface area contributed by atoms with Crippen molar-refractivity contribution >= 4 is 0 Å². The number of rotatable bonds is 3. The Balaban J connectivity index is 3.01. The van der Waals surface area contributed by atoms with Crippen LogP contribution in [-0.4, -0.2) is 17.1 Å². The third-order valence-electron chi connectivity index (χ3n) is 2.43. The second-order valence-corrected chi connectivity index (χ2v) is 3.68. The van der Waals surface area contributed by atoms with Gasteiger partial charge in [0, 0.05) is 11.5 Å². The van der Waals surface area contributed by atoms with Gasteiger partial charge in [0.25, 0.3) is 0 Å². The zero-order valence-corrected chi connectivity index (χ0v) is 8.66. The Hall–Kier alpha value is -1.12. The number of hydrogen-bond acceptors (Lipinski definition) is 3. The van der Waals surface area contributed by atoms with Gasteiger partial charge in [0.1, 0.15) is 6.33 Å². The van der Waals surface area contributed by atoms with Gasteiger partial charge in [-0.1, -0.05) is 20.8 Å². The first-order chi connectivity index (χ1) is 6.10. The summed E-state index contributed by atoms with van der Waals surface area (Å²) in [5, 5.41) is 0. The van der Waals surface area contributed by atoms with Crippen molar-refractivity contribution in [3.8, 4) is 5.88 Å². The van der Waals surface area contributed by atoms with E-state index in [9.17, 15) is 0 Å². The van der Waals surface area contributed by atoms with Crippen LogP contribution in [0.5, 0.6) is 5.88 Å². The summed E-state index contributed by atoms with van der Waals surface area (Å²) in [5.74, 6) is 0.631. The lowest BCUT2D eigenvalue weighted by atomic mass is 9.86. The molecule has 72 valence electrons. The fourth-order valence-corrected chi connectivity index (χ4v) is 1.00. The maximum Gasteiger partial charge on any atom is 0.216 e. The fraction of sp³-hybridized carbons (Fsp3) is 0.600. The molecule has 1 aromatic rings. The predicted octanol–water partition coefficient (Wildman–Crippen LogP) is 2.17. The zero-order valence-electron chi connectivity index (χ0n) is 8.66. The van der Waals surface area contributed by atoms with E-state index in [0.717, 1.165) is 12.1 Å². The van der Waals surface area contributed by atoms with Crippen LogP contribution in [0, 0.1) is 0 Å². The molecule has 1 rings (SSSR count). The van der Waals surface area contributed by atoms with Crippen molar-refractivity contribution in [2.45, 2.75) is 32.6 Å².